The molecule has 0 aliphatic rings. The number of alkyl halides is 6. The molecule has 0 bridgehead atoms. The zero-order valence-electron chi connectivity index (χ0n) is 12.6. The fraction of sp³-hybridized carbons (Fsp3) is 0.429. The summed E-state index contributed by atoms with van der Waals surface area (Å²) in [4.78, 5) is 23.1. The predicted molar refractivity (Wildman–Crippen MR) is 72.1 cm³/mol. The fourth-order valence-corrected chi connectivity index (χ4v) is 1.72. The first kappa shape index (κ1) is 19.8. The molecule has 1 rings (SSSR count). The Morgan fingerprint density at radius 1 is 0.958 bits per heavy atom. The van der Waals surface area contributed by atoms with E-state index in [2.05, 4.69) is 5.32 Å². The smallest absolute Gasteiger partial charge is 0.352 e. The van der Waals surface area contributed by atoms with Crippen molar-refractivity contribution < 1.29 is 35.9 Å². The van der Waals surface area contributed by atoms with Crippen LogP contribution < -0.4 is 10.6 Å². The number of hydrogen-bond donors (Lipinski definition) is 2. The molecule has 2 N–H and O–H groups in total. The summed E-state index contributed by atoms with van der Waals surface area (Å²) in [7, 11) is 0. The van der Waals surface area contributed by atoms with Gasteiger partial charge in [-0.05, 0) is 32.0 Å². The van der Waals surface area contributed by atoms with Gasteiger partial charge >= 0.3 is 12.4 Å². The average Bonchev–Trinajstić information content (AvgIpc) is 2.41. The molecule has 0 unspecified atom stereocenters. The second-order valence-corrected chi connectivity index (χ2v) is 5.20. The number of rotatable bonds is 4. The number of nitrogens with one attached hydrogen (secondary N) is 2. The van der Waals surface area contributed by atoms with Gasteiger partial charge in [0.15, 0.2) is 0 Å². The monoisotopic (exact) mass is 356 g/mol. The van der Waals surface area contributed by atoms with E-state index in [-0.39, 0.29) is 12.1 Å². The molecule has 1 aromatic rings. The van der Waals surface area contributed by atoms with E-state index in [0.717, 1.165) is 0 Å². The third kappa shape index (κ3) is 5.74. The molecule has 134 valence electrons. The van der Waals surface area contributed by atoms with Gasteiger partial charge in [0.2, 0.25) is 5.91 Å². The molecular formula is C14H14F6N2O2. The molecule has 4 nitrogen and oxygen atoms in total. The normalized spacial score (nSPS) is 12.2. The molecule has 1 aromatic carbocycles. The van der Waals surface area contributed by atoms with Gasteiger partial charge in [0.05, 0.1) is 17.7 Å². The van der Waals surface area contributed by atoms with Crippen LogP contribution in [0, 0.1) is 0 Å². The lowest BCUT2D eigenvalue weighted by Crippen LogP contribution is -2.39. The Kier molecular flexibility index (Phi) is 5.85. The van der Waals surface area contributed by atoms with Crippen molar-refractivity contribution in [2.45, 2.75) is 32.2 Å². The molecule has 0 aliphatic heterocycles. The third-order valence-corrected chi connectivity index (χ3v) is 2.71. The zero-order valence-corrected chi connectivity index (χ0v) is 12.6. The van der Waals surface area contributed by atoms with Crippen molar-refractivity contribution >= 4 is 11.8 Å². The van der Waals surface area contributed by atoms with Gasteiger partial charge in [0.1, 0.15) is 0 Å². The van der Waals surface area contributed by atoms with Crippen LogP contribution in [-0.4, -0.2) is 24.4 Å². The standard InChI is InChI=1S/C14H14F6N2O2/c1-7(2)22-11(23)6-21-12(24)8-3-9(13(15,16)17)5-10(4-8)14(18,19)20/h3-5,7H,6H2,1-2H3,(H,21,24)(H,22,23). The number of hydrogen-bond acceptors (Lipinski definition) is 2. The Morgan fingerprint density at radius 2 is 1.42 bits per heavy atom. The van der Waals surface area contributed by atoms with E-state index in [4.69, 9.17) is 0 Å². The summed E-state index contributed by atoms with van der Waals surface area (Å²) in [6.45, 7) is 2.71. The second-order valence-electron chi connectivity index (χ2n) is 5.20. The third-order valence-electron chi connectivity index (χ3n) is 2.71. The maximum atomic E-state index is 12.7. The summed E-state index contributed by atoms with van der Waals surface area (Å²) in [6.07, 6.45) is -10.1. The molecular weight excluding hydrogens is 342 g/mol. The molecule has 0 atom stereocenters. The molecule has 0 saturated heterocycles. The summed E-state index contributed by atoms with van der Waals surface area (Å²) in [5.74, 6) is -1.84. The van der Waals surface area contributed by atoms with Crippen LogP contribution in [0.4, 0.5) is 26.3 Å². The summed E-state index contributed by atoms with van der Waals surface area (Å²) < 4.78 is 76.2. The Balaban J connectivity index is 3.05. The van der Waals surface area contributed by atoms with Gasteiger partial charge in [-0.3, -0.25) is 9.59 Å². The topological polar surface area (TPSA) is 58.2 Å². The molecule has 0 spiro atoms. The van der Waals surface area contributed by atoms with E-state index in [9.17, 15) is 35.9 Å². The van der Waals surface area contributed by atoms with Crippen molar-refractivity contribution in [1.82, 2.24) is 10.6 Å². The Hall–Kier alpha value is -2.26. The summed E-state index contributed by atoms with van der Waals surface area (Å²) in [5, 5.41) is 4.38. The van der Waals surface area contributed by atoms with Crippen molar-refractivity contribution in [3.05, 3.63) is 34.9 Å². The molecule has 0 saturated carbocycles. The first-order chi connectivity index (χ1) is 10.8. The van der Waals surface area contributed by atoms with Crippen molar-refractivity contribution in [3.63, 3.8) is 0 Å². The largest absolute Gasteiger partial charge is 0.416 e. The van der Waals surface area contributed by atoms with Gasteiger partial charge in [0, 0.05) is 11.6 Å². The zero-order chi connectivity index (χ0) is 18.7. The highest BCUT2D eigenvalue weighted by atomic mass is 19.4. The number of benzene rings is 1. The maximum Gasteiger partial charge on any atom is 0.416 e. The Bertz CT molecular complexity index is 590. The van der Waals surface area contributed by atoms with E-state index >= 15 is 0 Å². The lowest BCUT2D eigenvalue weighted by Gasteiger charge is -2.14. The maximum absolute atomic E-state index is 12.7. The van der Waals surface area contributed by atoms with Gasteiger partial charge in [0.25, 0.3) is 5.91 Å². The molecule has 2 amide bonds. The second kappa shape index (κ2) is 7.10. The van der Waals surface area contributed by atoms with Crippen LogP contribution in [0.3, 0.4) is 0 Å². The van der Waals surface area contributed by atoms with Crippen LogP contribution in [-0.2, 0) is 17.1 Å². The van der Waals surface area contributed by atoms with Gasteiger partial charge in [-0.1, -0.05) is 0 Å². The highest BCUT2D eigenvalue weighted by Gasteiger charge is 2.37. The van der Waals surface area contributed by atoms with Gasteiger partial charge in [-0.2, -0.15) is 26.3 Å². The van der Waals surface area contributed by atoms with Gasteiger partial charge in [-0.25, -0.2) is 0 Å². The van der Waals surface area contributed by atoms with Crippen LogP contribution in [0.1, 0.15) is 35.3 Å². The number of halogens is 6. The number of carbonyl (C=O) groups excluding carboxylic acids is 2. The quantitative estimate of drug-likeness (QED) is 0.815. The van der Waals surface area contributed by atoms with Gasteiger partial charge < -0.3 is 10.6 Å². The molecule has 24 heavy (non-hydrogen) atoms. The minimum Gasteiger partial charge on any atom is -0.352 e. The summed E-state index contributed by atoms with van der Waals surface area (Å²) >= 11 is 0. The summed E-state index contributed by atoms with van der Waals surface area (Å²) in [6, 6.07) is 0.276. The van der Waals surface area contributed by atoms with E-state index in [1.165, 1.54) is 0 Å². The highest BCUT2D eigenvalue weighted by molar-refractivity contribution is 5.96. The van der Waals surface area contributed by atoms with Crippen molar-refractivity contribution in [2.75, 3.05) is 6.54 Å². The number of carbonyl (C=O) groups is 2. The van der Waals surface area contributed by atoms with Crippen molar-refractivity contribution in [3.8, 4) is 0 Å². The molecule has 0 heterocycles. The SMILES string of the molecule is CC(C)NC(=O)CNC(=O)c1cc(C(F)(F)F)cc(C(F)(F)F)c1. The van der Waals surface area contributed by atoms with Crippen molar-refractivity contribution in [1.29, 1.82) is 0 Å². The Morgan fingerprint density at radius 3 is 1.79 bits per heavy atom. The Labute approximate surface area is 133 Å². The van der Waals surface area contributed by atoms with E-state index in [1.807, 2.05) is 5.32 Å². The van der Waals surface area contributed by atoms with Crippen LogP contribution >= 0.6 is 0 Å². The van der Waals surface area contributed by atoms with Crippen molar-refractivity contribution in [2.24, 2.45) is 0 Å². The van der Waals surface area contributed by atoms with E-state index < -0.39 is 47.4 Å². The lowest BCUT2D eigenvalue weighted by molar-refractivity contribution is -0.143. The fourth-order valence-electron chi connectivity index (χ4n) is 1.72. The average molecular weight is 356 g/mol. The molecule has 0 aromatic heterocycles. The van der Waals surface area contributed by atoms with Gasteiger partial charge in [-0.15, -0.1) is 0 Å². The summed E-state index contributed by atoms with van der Waals surface area (Å²) in [5.41, 5.74) is -4.04. The molecule has 0 fully saturated rings. The number of amides is 2. The van der Waals surface area contributed by atoms with Crippen LogP contribution in [0.15, 0.2) is 18.2 Å². The van der Waals surface area contributed by atoms with E-state index in [0.29, 0.717) is 12.1 Å². The minimum absolute atomic E-state index is 0.0811. The molecule has 0 radical (unpaired) electrons. The first-order valence-corrected chi connectivity index (χ1v) is 6.67. The van der Waals surface area contributed by atoms with Crippen LogP contribution in [0.5, 0.6) is 0 Å². The minimum atomic E-state index is -5.05. The lowest BCUT2D eigenvalue weighted by atomic mass is 10.0. The highest BCUT2D eigenvalue weighted by Crippen LogP contribution is 2.36. The molecule has 0 aliphatic carbocycles. The van der Waals surface area contributed by atoms with E-state index in [1.54, 1.807) is 13.8 Å². The predicted octanol–water partition coefficient (Wildman–Crippen LogP) is 2.98. The van der Waals surface area contributed by atoms with Crippen LogP contribution in [0.25, 0.3) is 0 Å². The van der Waals surface area contributed by atoms with Crippen LogP contribution in [0.2, 0.25) is 0 Å². The first-order valence-electron chi connectivity index (χ1n) is 6.67. The molecule has 10 heteroatoms.